The van der Waals surface area contributed by atoms with E-state index in [1.807, 2.05) is 36.3 Å². The van der Waals surface area contributed by atoms with Crippen molar-refractivity contribution in [1.82, 2.24) is 14.5 Å². The summed E-state index contributed by atoms with van der Waals surface area (Å²) in [5, 5.41) is 0. The number of carbonyl (C=O) groups excluding carboxylic acids is 2. The summed E-state index contributed by atoms with van der Waals surface area (Å²) in [4.78, 5) is 32.1. The Labute approximate surface area is 157 Å². The number of nitrogens with zero attached hydrogens (tertiary/aromatic N) is 3. The lowest BCUT2D eigenvalue weighted by Gasteiger charge is -2.24. The molecule has 1 atom stereocenters. The number of aromatic nitrogens is 2. The van der Waals surface area contributed by atoms with E-state index in [1.54, 1.807) is 25.6 Å². The molecule has 0 radical (unpaired) electrons. The van der Waals surface area contributed by atoms with Gasteiger partial charge in [-0.3, -0.25) is 9.36 Å². The van der Waals surface area contributed by atoms with Crippen molar-refractivity contribution in [1.29, 1.82) is 0 Å². The van der Waals surface area contributed by atoms with Gasteiger partial charge in [0.25, 0.3) is 5.91 Å². The Bertz CT molecular complexity index is 926. The first-order chi connectivity index (χ1) is 12.8. The Morgan fingerprint density at radius 1 is 1.30 bits per heavy atom. The summed E-state index contributed by atoms with van der Waals surface area (Å²) in [6.45, 7) is 6.13. The van der Waals surface area contributed by atoms with E-state index in [-0.39, 0.29) is 17.6 Å². The third kappa shape index (κ3) is 2.87. The van der Waals surface area contributed by atoms with Crippen LogP contribution in [0.1, 0.15) is 66.2 Å². The molecule has 0 N–H and O–H groups in total. The van der Waals surface area contributed by atoms with Crippen molar-refractivity contribution < 1.29 is 19.1 Å². The van der Waals surface area contributed by atoms with Crippen molar-refractivity contribution in [2.45, 2.75) is 45.3 Å². The average Bonchev–Trinajstić information content (AvgIpc) is 3.23. The van der Waals surface area contributed by atoms with Gasteiger partial charge in [0.05, 0.1) is 30.1 Å². The number of rotatable bonds is 2. The van der Waals surface area contributed by atoms with Gasteiger partial charge >= 0.3 is 5.97 Å². The molecule has 0 spiro atoms. The summed E-state index contributed by atoms with van der Waals surface area (Å²) in [6.07, 6.45) is 3.28. The molecule has 4 rings (SSSR count). The van der Waals surface area contributed by atoms with Gasteiger partial charge in [-0.15, -0.1) is 0 Å². The fraction of sp³-hybridized carbons (Fsp3) is 0.450. The molecule has 2 aliphatic heterocycles. The highest BCUT2D eigenvalue weighted by atomic mass is 16.6. The van der Waals surface area contributed by atoms with Crippen LogP contribution in [0.4, 0.5) is 0 Å². The van der Waals surface area contributed by atoms with E-state index in [4.69, 9.17) is 9.47 Å². The molecule has 27 heavy (non-hydrogen) atoms. The first kappa shape index (κ1) is 17.6. The molecule has 1 saturated heterocycles. The van der Waals surface area contributed by atoms with Crippen molar-refractivity contribution in [3.63, 3.8) is 0 Å². The summed E-state index contributed by atoms with van der Waals surface area (Å²) in [5.41, 5.74) is 1.63. The van der Waals surface area contributed by atoms with Crippen LogP contribution in [0, 0.1) is 0 Å². The number of esters is 1. The summed E-state index contributed by atoms with van der Waals surface area (Å²) in [7, 11) is 1.57. The van der Waals surface area contributed by atoms with E-state index in [2.05, 4.69) is 4.98 Å². The van der Waals surface area contributed by atoms with Crippen LogP contribution in [-0.2, 0) is 4.74 Å². The quantitative estimate of drug-likeness (QED) is 0.761. The predicted octanol–water partition coefficient (Wildman–Crippen LogP) is 3.13. The van der Waals surface area contributed by atoms with Crippen molar-refractivity contribution in [3.8, 4) is 11.4 Å². The molecule has 0 bridgehead atoms. The highest BCUT2D eigenvalue weighted by Crippen LogP contribution is 2.40. The van der Waals surface area contributed by atoms with Gasteiger partial charge in [-0.1, -0.05) is 0 Å². The van der Waals surface area contributed by atoms with Gasteiger partial charge < -0.3 is 14.4 Å². The maximum atomic E-state index is 13.2. The molecule has 0 saturated carbocycles. The van der Waals surface area contributed by atoms with Gasteiger partial charge in [0, 0.05) is 6.54 Å². The third-order valence-corrected chi connectivity index (χ3v) is 4.92. The highest BCUT2D eigenvalue weighted by molar-refractivity contribution is 6.00. The predicted molar refractivity (Wildman–Crippen MR) is 98.3 cm³/mol. The summed E-state index contributed by atoms with van der Waals surface area (Å²) < 4.78 is 12.7. The first-order valence-electron chi connectivity index (χ1n) is 9.10. The standard InChI is InChI=1S/C20H23N3O4/c1-20(2,3)27-19(25)16-17-15-6-5-9-22(15)18(24)13-10-12(26-4)7-8-14(13)23(17)11-21-16/h7-8,10-11,15H,5-6,9H2,1-4H3. The molecule has 0 aliphatic carbocycles. The maximum Gasteiger partial charge on any atom is 0.359 e. The van der Waals surface area contributed by atoms with E-state index in [1.165, 1.54) is 0 Å². The molecular formula is C20H23N3O4. The smallest absolute Gasteiger partial charge is 0.359 e. The van der Waals surface area contributed by atoms with Crippen LogP contribution in [0.5, 0.6) is 5.75 Å². The Morgan fingerprint density at radius 3 is 2.78 bits per heavy atom. The van der Waals surface area contributed by atoms with Crippen molar-refractivity contribution in [2.75, 3.05) is 13.7 Å². The van der Waals surface area contributed by atoms with E-state index >= 15 is 0 Å². The second-order valence-corrected chi connectivity index (χ2v) is 7.89. The van der Waals surface area contributed by atoms with Crippen molar-refractivity contribution in [2.24, 2.45) is 0 Å². The molecule has 142 valence electrons. The summed E-state index contributed by atoms with van der Waals surface area (Å²) in [5.74, 6) is 0.103. The molecule has 2 aliphatic rings. The van der Waals surface area contributed by atoms with Crippen LogP contribution in [0.15, 0.2) is 24.5 Å². The Balaban J connectivity index is 1.90. The molecule has 1 aromatic carbocycles. The van der Waals surface area contributed by atoms with Crippen molar-refractivity contribution >= 4 is 11.9 Å². The fourth-order valence-electron chi connectivity index (χ4n) is 3.82. The van der Waals surface area contributed by atoms with Crippen LogP contribution < -0.4 is 4.74 Å². The molecule has 2 aromatic rings. The lowest BCUT2D eigenvalue weighted by atomic mass is 10.1. The van der Waals surface area contributed by atoms with Gasteiger partial charge in [-0.05, 0) is 51.8 Å². The third-order valence-electron chi connectivity index (χ3n) is 4.92. The van der Waals surface area contributed by atoms with Crippen molar-refractivity contribution in [3.05, 3.63) is 41.5 Å². The largest absolute Gasteiger partial charge is 0.497 e. The number of imidazole rings is 1. The summed E-state index contributed by atoms with van der Waals surface area (Å²) >= 11 is 0. The zero-order valence-electron chi connectivity index (χ0n) is 16.0. The first-order valence-corrected chi connectivity index (χ1v) is 9.10. The highest BCUT2D eigenvalue weighted by Gasteiger charge is 2.40. The van der Waals surface area contributed by atoms with Crippen LogP contribution in [-0.4, -0.2) is 45.6 Å². The fourth-order valence-corrected chi connectivity index (χ4v) is 3.82. The molecule has 3 heterocycles. The number of amides is 1. The molecule has 1 unspecified atom stereocenters. The molecule has 1 amide bonds. The van der Waals surface area contributed by atoms with Gasteiger partial charge in [-0.2, -0.15) is 0 Å². The minimum Gasteiger partial charge on any atom is -0.497 e. The minimum absolute atomic E-state index is 0.0507. The van der Waals surface area contributed by atoms with Gasteiger partial charge in [0.1, 0.15) is 17.7 Å². The van der Waals surface area contributed by atoms with E-state index in [0.29, 0.717) is 23.5 Å². The SMILES string of the molecule is COc1ccc2c(c1)C(=O)N1CCCC1c1c(C(=O)OC(C)(C)C)ncn1-2. The normalized spacial score (nSPS) is 18.4. The number of methoxy groups -OCH3 is 1. The van der Waals surface area contributed by atoms with Crippen LogP contribution in [0.2, 0.25) is 0 Å². The van der Waals surface area contributed by atoms with E-state index in [9.17, 15) is 9.59 Å². The van der Waals surface area contributed by atoms with Crippen LogP contribution >= 0.6 is 0 Å². The second-order valence-electron chi connectivity index (χ2n) is 7.89. The lowest BCUT2D eigenvalue weighted by molar-refractivity contribution is 0.00596. The Morgan fingerprint density at radius 2 is 2.07 bits per heavy atom. The molecule has 1 aromatic heterocycles. The molecule has 7 nitrogen and oxygen atoms in total. The van der Waals surface area contributed by atoms with Crippen LogP contribution in [0.3, 0.4) is 0 Å². The zero-order valence-corrected chi connectivity index (χ0v) is 16.0. The van der Waals surface area contributed by atoms with Gasteiger partial charge in [0.2, 0.25) is 0 Å². The number of benzene rings is 1. The monoisotopic (exact) mass is 369 g/mol. The van der Waals surface area contributed by atoms with E-state index < -0.39 is 11.6 Å². The van der Waals surface area contributed by atoms with Crippen LogP contribution in [0.25, 0.3) is 5.69 Å². The van der Waals surface area contributed by atoms with E-state index in [0.717, 1.165) is 18.5 Å². The topological polar surface area (TPSA) is 73.7 Å². The second kappa shape index (κ2) is 6.11. The number of hydrogen-bond donors (Lipinski definition) is 0. The Hall–Kier alpha value is -2.83. The summed E-state index contributed by atoms with van der Waals surface area (Å²) in [6, 6.07) is 5.19. The van der Waals surface area contributed by atoms with Gasteiger partial charge in [0.15, 0.2) is 5.69 Å². The molecule has 1 fully saturated rings. The van der Waals surface area contributed by atoms with Gasteiger partial charge in [-0.25, -0.2) is 9.78 Å². The maximum absolute atomic E-state index is 13.2. The number of carbonyl (C=O) groups is 2. The molecule has 7 heteroatoms. The lowest BCUT2D eigenvalue weighted by Crippen LogP contribution is -2.31. The minimum atomic E-state index is -0.616. The Kier molecular flexibility index (Phi) is 3.98. The average molecular weight is 369 g/mol. The number of fused-ring (bicyclic) bond motifs is 5. The number of hydrogen-bond acceptors (Lipinski definition) is 5. The number of ether oxygens (including phenoxy) is 2. The molecular weight excluding hydrogens is 346 g/mol. The zero-order chi connectivity index (χ0) is 19.3.